The standard InChI is InChI=1S/C21H19F3N4O3/c22-21(23,24)16-9-15(10-17(11-16)28-20-25-6-7-26-20)19(31)27-12-14-3-1-2-13(8-14)4-5-18(29)30/h1-5,8-11H,6-7,12H2,(H,27,31)(H,29,30)(H2,25,26,28)/b5-4+. The highest BCUT2D eigenvalue weighted by atomic mass is 19.4. The lowest BCUT2D eigenvalue weighted by Gasteiger charge is -2.14. The monoisotopic (exact) mass is 432 g/mol. The van der Waals surface area contributed by atoms with E-state index in [-0.39, 0.29) is 17.8 Å². The van der Waals surface area contributed by atoms with Crippen LogP contribution in [0.3, 0.4) is 0 Å². The highest BCUT2D eigenvalue weighted by molar-refractivity contribution is 5.98. The Hall–Kier alpha value is -3.82. The molecule has 1 aliphatic rings. The van der Waals surface area contributed by atoms with Gasteiger partial charge in [0, 0.05) is 30.4 Å². The van der Waals surface area contributed by atoms with Crippen molar-refractivity contribution in [3.05, 3.63) is 70.8 Å². The van der Waals surface area contributed by atoms with Gasteiger partial charge in [0.05, 0.1) is 12.1 Å². The van der Waals surface area contributed by atoms with Crippen LogP contribution >= 0.6 is 0 Å². The summed E-state index contributed by atoms with van der Waals surface area (Å²) in [6.07, 6.45) is -2.24. The van der Waals surface area contributed by atoms with Crippen molar-refractivity contribution in [2.75, 3.05) is 18.4 Å². The van der Waals surface area contributed by atoms with Crippen LogP contribution in [0.25, 0.3) is 6.08 Å². The molecule has 0 fully saturated rings. The van der Waals surface area contributed by atoms with Crippen molar-refractivity contribution in [1.82, 2.24) is 10.6 Å². The van der Waals surface area contributed by atoms with Crippen LogP contribution in [0.2, 0.25) is 0 Å². The van der Waals surface area contributed by atoms with Crippen molar-refractivity contribution in [2.45, 2.75) is 12.7 Å². The molecule has 0 spiro atoms. The number of rotatable bonds is 6. The number of nitrogens with zero attached hydrogens (tertiary/aromatic N) is 1. The molecule has 2 aromatic rings. The number of halogens is 3. The Labute approximate surface area is 175 Å². The van der Waals surface area contributed by atoms with E-state index in [2.05, 4.69) is 20.9 Å². The summed E-state index contributed by atoms with van der Waals surface area (Å²) >= 11 is 0. The first kappa shape index (κ1) is 21.9. The van der Waals surface area contributed by atoms with E-state index < -0.39 is 23.6 Å². The fourth-order valence-corrected chi connectivity index (χ4v) is 2.87. The molecule has 2 aromatic carbocycles. The van der Waals surface area contributed by atoms with E-state index in [0.717, 1.165) is 18.2 Å². The molecule has 0 unspecified atom stereocenters. The van der Waals surface area contributed by atoms with Crippen molar-refractivity contribution < 1.29 is 27.9 Å². The summed E-state index contributed by atoms with van der Waals surface area (Å²) in [7, 11) is 0. The van der Waals surface area contributed by atoms with E-state index in [9.17, 15) is 22.8 Å². The van der Waals surface area contributed by atoms with Gasteiger partial charge in [-0.25, -0.2) is 4.79 Å². The number of hydrogen-bond donors (Lipinski definition) is 4. The second-order valence-corrected chi connectivity index (χ2v) is 6.68. The maximum Gasteiger partial charge on any atom is 0.416 e. The molecule has 1 heterocycles. The van der Waals surface area contributed by atoms with Crippen LogP contribution in [-0.4, -0.2) is 36.0 Å². The number of nitrogens with one attached hydrogen (secondary N) is 3. The summed E-state index contributed by atoms with van der Waals surface area (Å²) in [6.45, 7) is 1.14. The number of alkyl halides is 3. The van der Waals surface area contributed by atoms with E-state index in [1.165, 1.54) is 12.1 Å². The molecule has 0 saturated carbocycles. The second-order valence-electron chi connectivity index (χ2n) is 6.68. The number of aliphatic carboxylic acids is 1. The lowest BCUT2D eigenvalue weighted by molar-refractivity contribution is -0.137. The van der Waals surface area contributed by atoms with Gasteiger partial charge in [0.2, 0.25) is 0 Å². The number of carbonyl (C=O) groups excluding carboxylic acids is 1. The zero-order chi connectivity index (χ0) is 22.4. The van der Waals surface area contributed by atoms with Crippen LogP contribution in [0.1, 0.15) is 27.0 Å². The molecule has 31 heavy (non-hydrogen) atoms. The van der Waals surface area contributed by atoms with Crippen molar-refractivity contribution in [2.24, 2.45) is 4.99 Å². The summed E-state index contributed by atoms with van der Waals surface area (Å²) in [6, 6.07) is 9.77. The molecule has 0 atom stereocenters. The molecule has 0 saturated heterocycles. The Morgan fingerprint density at radius 3 is 2.68 bits per heavy atom. The quantitative estimate of drug-likeness (QED) is 0.526. The molecule has 7 nitrogen and oxygen atoms in total. The van der Waals surface area contributed by atoms with Gasteiger partial charge in [-0.15, -0.1) is 0 Å². The molecule has 1 amide bonds. The zero-order valence-corrected chi connectivity index (χ0v) is 16.2. The van der Waals surface area contributed by atoms with Crippen LogP contribution in [0.4, 0.5) is 18.9 Å². The maximum atomic E-state index is 13.3. The summed E-state index contributed by atoms with van der Waals surface area (Å²) in [5.41, 5.74) is 0.258. The minimum Gasteiger partial charge on any atom is -0.478 e. The molecule has 10 heteroatoms. The number of carbonyl (C=O) groups is 2. The summed E-state index contributed by atoms with van der Waals surface area (Å²) < 4.78 is 39.9. The number of carboxylic acid groups (broad SMARTS) is 1. The lowest BCUT2D eigenvalue weighted by Crippen LogP contribution is -2.27. The van der Waals surface area contributed by atoms with E-state index >= 15 is 0 Å². The molecule has 3 rings (SSSR count). The second kappa shape index (κ2) is 9.33. The largest absolute Gasteiger partial charge is 0.478 e. The van der Waals surface area contributed by atoms with Crippen molar-refractivity contribution in [1.29, 1.82) is 0 Å². The minimum atomic E-state index is -4.62. The topological polar surface area (TPSA) is 103 Å². The SMILES string of the molecule is O=C(O)/C=C/c1cccc(CNC(=O)c2cc(NC3=NCCN3)cc(C(F)(F)F)c2)c1. The number of anilines is 1. The molecular formula is C21H19F3N4O3. The number of aliphatic imine (C=N–C) groups is 1. The first-order valence-electron chi connectivity index (χ1n) is 9.26. The van der Waals surface area contributed by atoms with Crippen LogP contribution in [0.15, 0.2) is 53.5 Å². The Balaban J connectivity index is 1.76. The van der Waals surface area contributed by atoms with E-state index in [1.54, 1.807) is 24.3 Å². The Morgan fingerprint density at radius 2 is 2.00 bits per heavy atom. The van der Waals surface area contributed by atoms with Gasteiger partial charge in [0.15, 0.2) is 5.96 Å². The number of hydrogen-bond acceptors (Lipinski definition) is 5. The van der Waals surface area contributed by atoms with Gasteiger partial charge >= 0.3 is 12.1 Å². The molecule has 162 valence electrons. The third-order valence-corrected chi connectivity index (χ3v) is 4.28. The number of guanidine groups is 1. The van der Waals surface area contributed by atoms with Gasteiger partial charge in [-0.2, -0.15) is 13.2 Å². The molecular weight excluding hydrogens is 413 g/mol. The van der Waals surface area contributed by atoms with Crippen molar-refractivity contribution in [3.63, 3.8) is 0 Å². The van der Waals surface area contributed by atoms with Gasteiger partial charge in [-0.05, 0) is 41.5 Å². The van der Waals surface area contributed by atoms with E-state index in [4.69, 9.17) is 5.11 Å². The normalized spacial score (nSPS) is 13.6. The predicted molar refractivity (Wildman–Crippen MR) is 110 cm³/mol. The summed E-state index contributed by atoms with van der Waals surface area (Å²) in [5, 5.41) is 16.9. The third kappa shape index (κ3) is 6.33. The summed E-state index contributed by atoms with van der Waals surface area (Å²) in [4.78, 5) is 27.2. The van der Waals surface area contributed by atoms with Crippen LogP contribution in [0, 0.1) is 0 Å². The Morgan fingerprint density at radius 1 is 1.19 bits per heavy atom. The van der Waals surface area contributed by atoms with Crippen molar-refractivity contribution >= 4 is 29.6 Å². The van der Waals surface area contributed by atoms with Crippen molar-refractivity contribution in [3.8, 4) is 0 Å². The van der Waals surface area contributed by atoms with Gasteiger partial charge < -0.3 is 21.1 Å². The molecule has 0 radical (unpaired) electrons. The summed E-state index contributed by atoms with van der Waals surface area (Å²) in [5.74, 6) is -1.43. The van der Waals surface area contributed by atoms with Crippen LogP contribution in [0.5, 0.6) is 0 Å². The first-order chi connectivity index (χ1) is 14.7. The average molecular weight is 432 g/mol. The van der Waals surface area contributed by atoms with E-state index in [1.807, 2.05) is 0 Å². The average Bonchev–Trinajstić information content (AvgIpc) is 3.23. The molecule has 0 aromatic heterocycles. The smallest absolute Gasteiger partial charge is 0.416 e. The van der Waals surface area contributed by atoms with Gasteiger partial charge in [-0.3, -0.25) is 9.79 Å². The zero-order valence-electron chi connectivity index (χ0n) is 16.2. The maximum absolute atomic E-state index is 13.3. The van der Waals surface area contributed by atoms with Gasteiger partial charge in [0.25, 0.3) is 5.91 Å². The number of benzene rings is 2. The fraction of sp³-hybridized carbons (Fsp3) is 0.190. The minimum absolute atomic E-state index is 0.0564. The highest BCUT2D eigenvalue weighted by Gasteiger charge is 2.32. The number of carboxylic acids is 1. The molecule has 1 aliphatic heterocycles. The van der Waals surface area contributed by atoms with E-state index in [0.29, 0.717) is 30.2 Å². The number of amides is 1. The van der Waals surface area contributed by atoms with Crippen LogP contribution in [-0.2, 0) is 17.5 Å². The Kier molecular flexibility index (Phi) is 6.58. The van der Waals surface area contributed by atoms with Crippen LogP contribution < -0.4 is 16.0 Å². The van der Waals surface area contributed by atoms with Gasteiger partial charge in [0.1, 0.15) is 0 Å². The van der Waals surface area contributed by atoms with Gasteiger partial charge in [-0.1, -0.05) is 18.2 Å². The molecule has 4 N–H and O–H groups in total. The third-order valence-electron chi connectivity index (χ3n) is 4.28. The first-order valence-corrected chi connectivity index (χ1v) is 9.26. The predicted octanol–water partition coefficient (Wildman–Crippen LogP) is 3.10. The lowest BCUT2D eigenvalue weighted by atomic mass is 10.1. The molecule has 0 aliphatic carbocycles. The Bertz CT molecular complexity index is 1050. The fourth-order valence-electron chi connectivity index (χ4n) is 2.87. The highest BCUT2D eigenvalue weighted by Crippen LogP contribution is 2.32. The molecule has 0 bridgehead atoms.